The van der Waals surface area contributed by atoms with Crippen LogP contribution >= 0.6 is 0 Å². The van der Waals surface area contributed by atoms with E-state index in [2.05, 4.69) is 46.2 Å². The highest BCUT2D eigenvalue weighted by molar-refractivity contribution is 6.05. The van der Waals surface area contributed by atoms with Gasteiger partial charge in [-0.25, -0.2) is 14.8 Å². The smallest absolute Gasteiger partial charge is 0.326 e. The van der Waals surface area contributed by atoms with Crippen molar-refractivity contribution in [3.05, 3.63) is 151 Å². The average Bonchev–Trinajstić information content (AvgIpc) is 3.84. The van der Waals surface area contributed by atoms with Crippen LogP contribution in [0, 0.1) is 5.92 Å². The zero-order valence-electron chi connectivity index (χ0n) is 34.8. The average molecular weight is 832 g/mol. The Morgan fingerprint density at radius 2 is 1.55 bits per heavy atom. The predicted molar refractivity (Wildman–Crippen MR) is 239 cm³/mol. The van der Waals surface area contributed by atoms with E-state index in [1.165, 1.54) is 4.90 Å². The van der Waals surface area contributed by atoms with Crippen LogP contribution in [0.25, 0.3) is 33.8 Å². The molecule has 0 saturated heterocycles. The van der Waals surface area contributed by atoms with E-state index in [0.29, 0.717) is 41.7 Å². The van der Waals surface area contributed by atoms with Gasteiger partial charge in [-0.3, -0.25) is 14.6 Å². The molecule has 4 aromatic carbocycles. The van der Waals surface area contributed by atoms with Crippen molar-refractivity contribution in [1.82, 2.24) is 40.5 Å². The third-order valence-corrected chi connectivity index (χ3v) is 9.90. The lowest BCUT2D eigenvalue weighted by atomic mass is 9.97. The van der Waals surface area contributed by atoms with Gasteiger partial charge in [0, 0.05) is 54.8 Å². The number of nitrogens with two attached hydrogens (primary N) is 1. The molecule has 62 heavy (non-hydrogen) atoms. The SMILES string of the molecule is CCCCC(=O)N(Cc1ccc(-c2ccccc2-c2nn[nH]n2)cc1)[C@H](C(=O)O)C(C)C.Nc1ccccc1NC(=O)c1ccc(CNc2nccc(-c3cccnc3)n2)cc1. The Morgan fingerprint density at radius 3 is 2.21 bits per heavy atom. The number of pyridine rings is 1. The molecule has 0 aliphatic carbocycles. The first kappa shape index (κ1) is 43.8. The van der Waals surface area contributed by atoms with Crippen LogP contribution in [0.5, 0.6) is 0 Å². The molecular weight excluding hydrogens is 783 g/mol. The Kier molecular flexibility index (Phi) is 15.1. The quantitative estimate of drug-likeness (QED) is 0.0583. The maximum absolute atomic E-state index is 12.9. The summed E-state index contributed by atoms with van der Waals surface area (Å²) in [5.41, 5.74) is 13.9. The maximum atomic E-state index is 12.9. The normalized spacial score (nSPS) is 11.2. The number of tetrazole rings is 1. The fourth-order valence-corrected chi connectivity index (χ4v) is 6.66. The number of amides is 2. The highest BCUT2D eigenvalue weighted by Gasteiger charge is 2.32. The number of carbonyl (C=O) groups is 3. The zero-order chi connectivity index (χ0) is 43.8. The molecule has 1 atom stereocenters. The van der Waals surface area contributed by atoms with Gasteiger partial charge in [0.05, 0.1) is 17.1 Å². The number of nitrogen functional groups attached to an aromatic ring is 1. The number of hydrogen-bond donors (Lipinski definition) is 5. The molecule has 316 valence electrons. The molecule has 3 aromatic heterocycles. The highest BCUT2D eigenvalue weighted by atomic mass is 16.4. The third kappa shape index (κ3) is 11.7. The van der Waals surface area contributed by atoms with Gasteiger partial charge < -0.3 is 26.4 Å². The minimum atomic E-state index is -0.976. The van der Waals surface area contributed by atoms with E-state index < -0.39 is 12.0 Å². The van der Waals surface area contributed by atoms with E-state index in [0.717, 1.165) is 51.9 Å². The molecule has 0 unspecified atom stereocenters. The van der Waals surface area contributed by atoms with E-state index in [1.54, 1.807) is 42.9 Å². The molecule has 0 radical (unpaired) electrons. The van der Waals surface area contributed by atoms with E-state index in [1.807, 2.05) is 112 Å². The summed E-state index contributed by atoms with van der Waals surface area (Å²) in [7, 11) is 0. The summed E-state index contributed by atoms with van der Waals surface area (Å²) in [6, 6.07) is 34.9. The standard InChI is InChI=1S/C24H29N5O3.C23H20N6O/c1-4-5-10-21(30)29(22(16(2)3)24(31)32)15-17-11-13-18(14-12-17)19-8-6-7-9-20(19)23-25-27-28-26-23;24-19-5-1-2-6-21(19)28-22(30)17-9-7-16(8-10-17)14-27-23-26-13-11-20(29-23)18-4-3-12-25-15-18/h6-9,11-14,16,22H,4-5,10,15H2,1-3H3,(H,31,32)(H,25,26,27,28);1-13,15H,14,24H2,(H,28,30)(H,26,27,29)/t22-;/m0./s1. The number of anilines is 3. The summed E-state index contributed by atoms with van der Waals surface area (Å²) >= 11 is 0. The van der Waals surface area contributed by atoms with Gasteiger partial charge in [-0.2, -0.15) is 5.21 Å². The second-order valence-electron chi connectivity index (χ2n) is 14.7. The number of aromatic amines is 1. The number of benzene rings is 4. The number of carboxylic acid groups (broad SMARTS) is 1. The minimum absolute atomic E-state index is 0.125. The number of nitrogens with zero attached hydrogens (tertiary/aromatic N) is 7. The molecule has 15 nitrogen and oxygen atoms in total. The number of H-pyrrole nitrogens is 1. The summed E-state index contributed by atoms with van der Waals surface area (Å²) in [5, 5.41) is 30.1. The first-order chi connectivity index (χ1) is 30.1. The van der Waals surface area contributed by atoms with Crippen LogP contribution in [-0.2, 0) is 22.7 Å². The van der Waals surface area contributed by atoms with Gasteiger partial charge in [0.15, 0.2) is 0 Å². The van der Waals surface area contributed by atoms with Crippen LogP contribution in [0.1, 0.15) is 61.5 Å². The lowest BCUT2D eigenvalue weighted by Gasteiger charge is -2.32. The molecule has 0 aliphatic rings. The van der Waals surface area contributed by atoms with Gasteiger partial charge >= 0.3 is 5.97 Å². The van der Waals surface area contributed by atoms with Crippen LogP contribution in [0.15, 0.2) is 134 Å². The maximum Gasteiger partial charge on any atom is 0.326 e. The number of unbranched alkanes of at least 4 members (excludes halogenated alkanes) is 1. The molecule has 7 aromatic rings. The van der Waals surface area contributed by atoms with Gasteiger partial charge in [0.1, 0.15) is 6.04 Å². The predicted octanol–water partition coefficient (Wildman–Crippen LogP) is 8.15. The van der Waals surface area contributed by atoms with Gasteiger partial charge in [-0.15, -0.1) is 10.2 Å². The van der Waals surface area contributed by atoms with E-state index in [9.17, 15) is 19.5 Å². The summed E-state index contributed by atoms with van der Waals surface area (Å²) in [6.07, 6.45) is 7.17. The molecular formula is C47H49N11O4. The lowest BCUT2D eigenvalue weighted by molar-refractivity contribution is -0.153. The molecule has 15 heteroatoms. The topological polar surface area (TPSA) is 218 Å². The zero-order valence-corrected chi connectivity index (χ0v) is 34.8. The van der Waals surface area contributed by atoms with Gasteiger partial charge in [0.25, 0.3) is 5.91 Å². The van der Waals surface area contributed by atoms with Gasteiger partial charge in [-0.1, -0.05) is 100.0 Å². The van der Waals surface area contributed by atoms with E-state index >= 15 is 0 Å². The summed E-state index contributed by atoms with van der Waals surface area (Å²) in [4.78, 5) is 51.6. The molecule has 0 spiro atoms. The van der Waals surface area contributed by atoms with Crippen molar-refractivity contribution in [1.29, 1.82) is 0 Å². The van der Waals surface area contributed by atoms with Crippen LogP contribution in [0.4, 0.5) is 17.3 Å². The number of aromatic nitrogens is 7. The van der Waals surface area contributed by atoms with Crippen molar-refractivity contribution in [2.45, 2.75) is 59.2 Å². The van der Waals surface area contributed by atoms with Crippen molar-refractivity contribution in [3.63, 3.8) is 0 Å². The molecule has 0 fully saturated rings. The fraction of sp³-hybridized carbons (Fsp3) is 0.213. The number of nitrogens with one attached hydrogen (secondary N) is 3. The summed E-state index contributed by atoms with van der Waals surface area (Å²) in [6.45, 7) is 6.46. The monoisotopic (exact) mass is 831 g/mol. The summed E-state index contributed by atoms with van der Waals surface area (Å²) in [5.74, 6) is -0.467. The van der Waals surface area contributed by atoms with Gasteiger partial charge in [0.2, 0.25) is 17.7 Å². The number of hydrogen-bond acceptors (Lipinski definition) is 11. The fourth-order valence-electron chi connectivity index (χ4n) is 6.66. The number of para-hydroxylation sites is 2. The van der Waals surface area contributed by atoms with Crippen LogP contribution in [-0.4, -0.2) is 69.4 Å². The number of carboxylic acids is 1. The molecule has 7 rings (SSSR count). The Hall–Kier alpha value is -7.81. The lowest BCUT2D eigenvalue weighted by Crippen LogP contribution is -2.47. The van der Waals surface area contributed by atoms with Crippen molar-refractivity contribution >= 4 is 35.1 Å². The van der Waals surface area contributed by atoms with Crippen molar-refractivity contribution < 1.29 is 19.5 Å². The minimum Gasteiger partial charge on any atom is -0.480 e. The second-order valence-corrected chi connectivity index (χ2v) is 14.7. The van der Waals surface area contributed by atoms with Crippen molar-refractivity contribution in [2.24, 2.45) is 5.92 Å². The van der Waals surface area contributed by atoms with E-state index in [-0.39, 0.29) is 24.3 Å². The van der Waals surface area contributed by atoms with Crippen LogP contribution < -0.4 is 16.4 Å². The number of carbonyl (C=O) groups excluding carboxylic acids is 2. The Morgan fingerprint density at radius 1 is 0.823 bits per heavy atom. The first-order valence-corrected chi connectivity index (χ1v) is 20.3. The molecule has 0 aliphatic heterocycles. The number of aliphatic carboxylic acids is 1. The highest BCUT2D eigenvalue weighted by Crippen LogP contribution is 2.30. The Bertz CT molecular complexity index is 2530. The first-order valence-electron chi connectivity index (χ1n) is 20.3. The molecule has 0 saturated carbocycles. The molecule has 6 N–H and O–H groups in total. The Labute approximate surface area is 359 Å². The van der Waals surface area contributed by atoms with E-state index in [4.69, 9.17) is 5.73 Å². The third-order valence-electron chi connectivity index (χ3n) is 9.90. The second kappa shape index (κ2) is 21.4. The van der Waals surface area contributed by atoms with Gasteiger partial charge in [-0.05, 0) is 82.3 Å². The molecule has 0 bridgehead atoms. The van der Waals surface area contributed by atoms with Crippen LogP contribution in [0.2, 0.25) is 0 Å². The van der Waals surface area contributed by atoms with Crippen molar-refractivity contribution in [3.8, 4) is 33.8 Å². The van der Waals surface area contributed by atoms with Crippen molar-refractivity contribution in [2.75, 3.05) is 16.4 Å². The number of rotatable bonds is 16. The summed E-state index contributed by atoms with van der Waals surface area (Å²) < 4.78 is 0. The Balaban J connectivity index is 0.000000207. The largest absolute Gasteiger partial charge is 0.480 e. The molecule has 3 heterocycles. The van der Waals surface area contributed by atoms with Crippen LogP contribution in [0.3, 0.4) is 0 Å². The molecule has 2 amide bonds.